The number of carbonyl (C=O) groups is 1. The van der Waals surface area contributed by atoms with Crippen molar-refractivity contribution in [2.24, 2.45) is 0 Å². The molecule has 2 aliphatic rings. The highest BCUT2D eigenvalue weighted by Crippen LogP contribution is 2.39. The van der Waals surface area contributed by atoms with Crippen LogP contribution in [0.3, 0.4) is 0 Å². The number of fused-ring (bicyclic) bond motifs is 3. The molecule has 0 spiro atoms. The van der Waals surface area contributed by atoms with Crippen molar-refractivity contribution in [2.75, 3.05) is 4.90 Å². The Morgan fingerprint density at radius 3 is 2.93 bits per heavy atom. The summed E-state index contributed by atoms with van der Waals surface area (Å²) in [4.78, 5) is 13.7. The van der Waals surface area contributed by atoms with E-state index in [1.54, 1.807) is 0 Å². The molecule has 0 N–H and O–H groups in total. The fourth-order valence-corrected chi connectivity index (χ4v) is 2.44. The van der Waals surface area contributed by atoms with Gasteiger partial charge in [0.1, 0.15) is 0 Å². The molecule has 1 saturated heterocycles. The van der Waals surface area contributed by atoms with Gasteiger partial charge in [-0.05, 0) is 24.5 Å². The van der Waals surface area contributed by atoms with E-state index < -0.39 is 0 Å². The van der Waals surface area contributed by atoms with Gasteiger partial charge in [0.15, 0.2) is 0 Å². The second-order valence-corrected chi connectivity index (χ2v) is 3.97. The molecule has 70 valence electrons. The minimum Gasteiger partial charge on any atom is -0.305 e. The molecule has 0 bridgehead atoms. The van der Waals surface area contributed by atoms with E-state index in [0.717, 1.165) is 24.1 Å². The van der Waals surface area contributed by atoms with E-state index in [9.17, 15) is 4.79 Å². The average molecular weight is 185 g/mol. The minimum atomic E-state index is 0.111. The summed E-state index contributed by atoms with van der Waals surface area (Å²) in [6, 6.07) is 8.47. The number of para-hydroxylation sites is 1. The average Bonchev–Trinajstić information content (AvgIpc) is 2.65. The van der Waals surface area contributed by atoms with Crippen molar-refractivity contribution in [3.05, 3.63) is 42.0 Å². The third kappa shape index (κ3) is 0.830. The van der Waals surface area contributed by atoms with Gasteiger partial charge in [0.25, 0.3) is 5.91 Å². The number of carbonyl (C=O) groups excluding carboxylic acids is 1. The van der Waals surface area contributed by atoms with Crippen LogP contribution in [0.25, 0.3) is 0 Å². The van der Waals surface area contributed by atoms with Gasteiger partial charge in [0, 0.05) is 17.3 Å². The number of benzene rings is 1. The van der Waals surface area contributed by atoms with Gasteiger partial charge in [-0.2, -0.15) is 0 Å². The maximum Gasteiger partial charge on any atom is 0.253 e. The first kappa shape index (κ1) is 7.80. The van der Waals surface area contributed by atoms with E-state index in [0.29, 0.717) is 6.04 Å². The fraction of sp³-hybridized carbons (Fsp3) is 0.250. The van der Waals surface area contributed by atoms with Crippen LogP contribution in [0, 0.1) is 0 Å². The van der Waals surface area contributed by atoms with Gasteiger partial charge in [-0.3, -0.25) is 4.79 Å². The van der Waals surface area contributed by atoms with E-state index in [1.807, 2.05) is 23.1 Å². The van der Waals surface area contributed by atoms with Crippen molar-refractivity contribution in [2.45, 2.75) is 18.9 Å². The zero-order chi connectivity index (χ0) is 9.71. The molecule has 3 rings (SSSR count). The van der Waals surface area contributed by atoms with Crippen LogP contribution in [0.5, 0.6) is 0 Å². The summed E-state index contributed by atoms with van der Waals surface area (Å²) in [6.45, 7) is 3.80. The van der Waals surface area contributed by atoms with Crippen LogP contribution in [-0.2, 0) is 11.2 Å². The lowest BCUT2D eigenvalue weighted by molar-refractivity contribution is -0.114. The van der Waals surface area contributed by atoms with Gasteiger partial charge < -0.3 is 4.90 Å². The zero-order valence-corrected chi connectivity index (χ0v) is 7.86. The van der Waals surface area contributed by atoms with E-state index in [4.69, 9.17) is 0 Å². The van der Waals surface area contributed by atoms with Crippen LogP contribution in [0.4, 0.5) is 5.69 Å². The molecule has 1 atom stereocenters. The number of amides is 1. The number of anilines is 1. The van der Waals surface area contributed by atoms with Gasteiger partial charge in [-0.1, -0.05) is 24.8 Å². The SMILES string of the molecule is C=C1CC2Cc3ccccc3N2C1=O. The normalized spacial score (nSPS) is 24.0. The van der Waals surface area contributed by atoms with Gasteiger partial charge in [-0.25, -0.2) is 0 Å². The molecule has 1 amide bonds. The molecule has 0 aromatic heterocycles. The first-order valence-corrected chi connectivity index (χ1v) is 4.86. The Kier molecular flexibility index (Phi) is 1.38. The van der Waals surface area contributed by atoms with Crippen LogP contribution in [0.2, 0.25) is 0 Å². The van der Waals surface area contributed by atoms with E-state index in [-0.39, 0.29) is 5.91 Å². The van der Waals surface area contributed by atoms with Crippen molar-refractivity contribution in [3.63, 3.8) is 0 Å². The molecule has 2 nitrogen and oxygen atoms in total. The molecule has 1 aromatic carbocycles. The van der Waals surface area contributed by atoms with E-state index in [2.05, 4.69) is 12.6 Å². The van der Waals surface area contributed by atoms with Crippen molar-refractivity contribution in [1.29, 1.82) is 0 Å². The number of rotatable bonds is 0. The second kappa shape index (κ2) is 2.47. The Bertz CT molecular complexity index is 436. The molecule has 1 unspecified atom stereocenters. The molecule has 2 heteroatoms. The molecule has 1 fully saturated rings. The maximum absolute atomic E-state index is 11.8. The summed E-state index contributed by atoms with van der Waals surface area (Å²) in [5.41, 5.74) is 3.13. The molecular weight excluding hydrogens is 174 g/mol. The summed E-state index contributed by atoms with van der Waals surface area (Å²) in [5.74, 6) is 0.111. The lowest BCUT2D eigenvalue weighted by Gasteiger charge is -2.15. The highest BCUT2D eigenvalue weighted by molar-refractivity contribution is 6.09. The summed E-state index contributed by atoms with van der Waals surface area (Å²) < 4.78 is 0. The molecule has 0 radical (unpaired) electrons. The molecule has 1 aromatic rings. The summed E-state index contributed by atoms with van der Waals surface area (Å²) >= 11 is 0. The molecule has 0 aliphatic carbocycles. The zero-order valence-electron chi connectivity index (χ0n) is 7.86. The highest BCUT2D eigenvalue weighted by atomic mass is 16.2. The van der Waals surface area contributed by atoms with Crippen LogP contribution in [0.1, 0.15) is 12.0 Å². The van der Waals surface area contributed by atoms with E-state index >= 15 is 0 Å². The van der Waals surface area contributed by atoms with E-state index in [1.165, 1.54) is 5.56 Å². The van der Waals surface area contributed by atoms with Gasteiger partial charge in [0.2, 0.25) is 0 Å². The Labute approximate surface area is 82.8 Å². The molecule has 2 heterocycles. The summed E-state index contributed by atoms with van der Waals surface area (Å²) in [5, 5.41) is 0. The third-order valence-electron chi connectivity index (χ3n) is 3.08. The summed E-state index contributed by atoms with van der Waals surface area (Å²) in [7, 11) is 0. The van der Waals surface area contributed by atoms with Crippen LogP contribution < -0.4 is 4.90 Å². The maximum atomic E-state index is 11.8. The van der Waals surface area contributed by atoms with Crippen molar-refractivity contribution >= 4 is 11.6 Å². The third-order valence-corrected chi connectivity index (χ3v) is 3.08. The molecular formula is C12H11NO. The fourth-order valence-electron chi connectivity index (χ4n) is 2.44. The number of nitrogens with zero attached hydrogens (tertiary/aromatic N) is 1. The Morgan fingerprint density at radius 2 is 2.07 bits per heavy atom. The van der Waals surface area contributed by atoms with Gasteiger partial charge in [0.05, 0.1) is 0 Å². The smallest absolute Gasteiger partial charge is 0.253 e. The van der Waals surface area contributed by atoms with Crippen LogP contribution in [-0.4, -0.2) is 11.9 Å². The molecule has 0 saturated carbocycles. The molecule has 14 heavy (non-hydrogen) atoms. The topological polar surface area (TPSA) is 20.3 Å². The van der Waals surface area contributed by atoms with Crippen molar-refractivity contribution < 1.29 is 4.79 Å². The standard InChI is InChI=1S/C12H11NO/c1-8-6-10-7-9-4-2-3-5-11(9)13(10)12(8)14/h2-5,10H,1,6-7H2. The minimum absolute atomic E-state index is 0.111. The Balaban J connectivity index is 2.13. The van der Waals surface area contributed by atoms with Gasteiger partial charge in [-0.15, -0.1) is 0 Å². The predicted octanol–water partition coefficient (Wildman–Crippen LogP) is 1.90. The monoisotopic (exact) mass is 185 g/mol. The quantitative estimate of drug-likeness (QED) is 0.565. The van der Waals surface area contributed by atoms with Crippen LogP contribution >= 0.6 is 0 Å². The van der Waals surface area contributed by atoms with Crippen LogP contribution in [0.15, 0.2) is 36.4 Å². The predicted molar refractivity (Wildman–Crippen MR) is 55.2 cm³/mol. The van der Waals surface area contributed by atoms with Crippen molar-refractivity contribution in [3.8, 4) is 0 Å². The first-order chi connectivity index (χ1) is 6.77. The first-order valence-electron chi connectivity index (χ1n) is 4.86. The summed E-state index contributed by atoms with van der Waals surface area (Å²) in [6.07, 6.45) is 1.81. The van der Waals surface area contributed by atoms with Crippen molar-refractivity contribution in [1.82, 2.24) is 0 Å². The van der Waals surface area contributed by atoms with Gasteiger partial charge >= 0.3 is 0 Å². The number of hydrogen-bond acceptors (Lipinski definition) is 1. The highest BCUT2D eigenvalue weighted by Gasteiger charge is 2.40. The molecule has 2 aliphatic heterocycles. The largest absolute Gasteiger partial charge is 0.305 e. The lowest BCUT2D eigenvalue weighted by Crippen LogP contribution is -2.28. The Morgan fingerprint density at radius 1 is 1.29 bits per heavy atom. The Hall–Kier alpha value is -1.57. The number of hydrogen-bond donors (Lipinski definition) is 0. The lowest BCUT2D eigenvalue weighted by atomic mass is 10.1. The second-order valence-electron chi connectivity index (χ2n) is 3.97.